The Kier molecular flexibility index (Phi) is 4.94. The quantitative estimate of drug-likeness (QED) is 0.680. The molecule has 24 heavy (non-hydrogen) atoms. The van der Waals surface area contributed by atoms with Gasteiger partial charge < -0.3 is 4.90 Å². The molecule has 2 heterocycles. The van der Waals surface area contributed by atoms with E-state index in [0.29, 0.717) is 32.6 Å². The molecule has 0 N–H and O–H groups in total. The van der Waals surface area contributed by atoms with Gasteiger partial charge in [0.15, 0.2) is 0 Å². The van der Waals surface area contributed by atoms with Crippen LogP contribution in [0.5, 0.6) is 0 Å². The summed E-state index contributed by atoms with van der Waals surface area (Å²) in [5.74, 6) is -0.787. The number of hydrogen-bond acceptors (Lipinski definition) is 3. The van der Waals surface area contributed by atoms with Gasteiger partial charge in [-0.1, -0.05) is 0 Å². The summed E-state index contributed by atoms with van der Waals surface area (Å²) in [7, 11) is -3.74. The van der Waals surface area contributed by atoms with E-state index < -0.39 is 15.8 Å². The molecule has 2 aliphatic heterocycles. The number of rotatable bonds is 3. The Balaban J connectivity index is 1.78. The average Bonchev–Trinajstić information content (AvgIpc) is 3.17. The molecule has 1 atom stereocenters. The summed E-state index contributed by atoms with van der Waals surface area (Å²) in [5.41, 5.74) is -0.220. The summed E-state index contributed by atoms with van der Waals surface area (Å²) >= 11 is 8.62. The Labute approximate surface area is 153 Å². The number of halogens is 3. The average molecular weight is 440 g/mol. The van der Waals surface area contributed by atoms with Crippen molar-refractivity contribution in [2.45, 2.75) is 17.7 Å². The van der Waals surface area contributed by atoms with Crippen LogP contribution in [0.3, 0.4) is 0 Å². The maximum Gasteiger partial charge on any atom is 0.243 e. The van der Waals surface area contributed by atoms with Crippen LogP contribution >= 0.6 is 27.5 Å². The zero-order chi connectivity index (χ0) is 17.5. The predicted octanol–water partition coefficient (Wildman–Crippen LogP) is 2.44. The highest BCUT2D eigenvalue weighted by atomic mass is 79.9. The van der Waals surface area contributed by atoms with E-state index in [9.17, 15) is 17.6 Å². The summed E-state index contributed by atoms with van der Waals surface area (Å²) in [6, 6.07) is 3.82. The fraction of sp³-hybridized carbons (Fsp3) is 0.533. The molecule has 3 rings (SSSR count). The maximum absolute atomic E-state index is 13.7. The number of carbonyl (C=O) groups is 1. The van der Waals surface area contributed by atoms with Crippen molar-refractivity contribution in [3.63, 3.8) is 0 Å². The second-order valence-corrected chi connectivity index (χ2v) is 9.42. The van der Waals surface area contributed by atoms with Gasteiger partial charge in [-0.15, -0.1) is 11.6 Å². The molecule has 2 saturated heterocycles. The van der Waals surface area contributed by atoms with E-state index in [1.54, 1.807) is 4.90 Å². The number of alkyl halides is 1. The first-order chi connectivity index (χ1) is 11.3. The second-order valence-electron chi connectivity index (χ2n) is 6.36. The van der Waals surface area contributed by atoms with Crippen molar-refractivity contribution < 1.29 is 17.6 Å². The maximum atomic E-state index is 13.7. The van der Waals surface area contributed by atoms with E-state index in [-0.39, 0.29) is 26.6 Å². The van der Waals surface area contributed by atoms with E-state index in [0.717, 1.165) is 12.5 Å². The Morgan fingerprint density at radius 3 is 2.67 bits per heavy atom. The van der Waals surface area contributed by atoms with Crippen molar-refractivity contribution in [3.05, 3.63) is 28.5 Å². The molecule has 0 saturated carbocycles. The molecular weight excluding hydrogens is 423 g/mol. The van der Waals surface area contributed by atoms with Crippen LogP contribution in [0.2, 0.25) is 0 Å². The van der Waals surface area contributed by atoms with Gasteiger partial charge in [0.25, 0.3) is 0 Å². The Hall–Kier alpha value is -0.700. The van der Waals surface area contributed by atoms with Crippen molar-refractivity contribution in [2.75, 3.05) is 32.1 Å². The lowest BCUT2D eigenvalue weighted by Gasteiger charge is -2.24. The number of amides is 1. The molecule has 0 radical (unpaired) electrons. The first kappa shape index (κ1) is 18.1. The van der Waals surface area contributed by atoms with Crippen LogP contribution in [0.25, 0.3) is 0 Å². The van der Waals surface area contributed by atoms with Crippen molar-refractivity contribution >= 4 is 43.5 Å². The van der Waals surface area contributed by atoms with Gasteiger partial charge in [-0.05, 0) is 47.0 Å². The molecule has 2 fully saturated rings. The van der Waals surface area contributed by atoms with Crippen LogP contribution in [0.15, 0.2) is 27.6 Å². The summed E-state index contributed by atoms with van der Waals surface area (Å²) in [5, 5.41) is 0. The van der Waals surface area contributed by atoms with Crippen LogP contribution in [0, 0.1) is 11.2 Å². The second kappa shape index (κ2) is 6.55. The van der Waals surface area contributed by atoms with Gasteiger partial charge in [0.2, 0.25) is 15.9 Å². The Bertz CT molecular complexity index is 776. The highest BCUT2D eigenvalue weighted by molar-refractivity contribution is 9.10. The van der Waals surface area contributed by atoms with E-state index in [1.807, 2.05) is 0 Å². The fourth-order valence-electron chi connectivity index (χ4n) is 3.45. The molecule has 0 unspecified atom stereocenters. The van der Waals surface area contributed by atoms with E-state index in [2.05, 4.69) is 15.9 Å². The van der Waals surface area contributed by atoms with E-state index >= 15 is 0 Å². The third-order valence-corrected chi connectivity index (χ3v) is 7.55. The number of benzene rings is 1. The molecule has 0 bridgehead atoms. The third kappa shape index (κ3) is 3.21. The van der Waals surface area contributed by atoms with Crippen LogP contribution in [0.4, 0.5) is 4.39 Å². The molecule has 0 aromatic heterocycles. The minimum atomic E-state index is -3.74. The summed E-state index contributed by atoms with van der Waals surface area (Å²) in [4.78, 5) is 13.4. The molecule has 2 aliphatic rings. The summed E-state index contributed by atoms with van der Waals surface area (Å²) in [6.45, 7) is 1.85. The van der Waals surface area contributed by atoms with Gasteiger partial charge in [0.05, 0.1) is 9.37 Å². The number of carbonyl (C=O) groups excluding carboxylic acids is 1. The Morgan fingerprint density at radius 2 is 2.00 bits per heavy atom. The molecule has 5 nitrogen and oxygen atoms in total. The normalized spacial score (nSPS) is 24.9. The lowest BCUT2D eigenvalue weighted by molar-refractivity contribution is -0.127. The zero-order valence-corrected chi connectivity index (χ0v) is 16.0. The smallest absolute Gasteiger partial charge is 0.243 e. The standard InChI is InChI=1S/C15H17BrClFN2O3S/c16-12-2-1-11(7-13(12)18)24(22,23)20-6-4-15(10-20)3-5-19(9-15)14(21)8-17/h1-2,7H,3-6,8-10H2/t15-/m1/s1. The third-order valence-electron chi connectivity index (χ3n) is 4.84. The molecule has 1 spiro atoms. The molecule has 1 aromatic carbocycles. The number of likely N-dealkylation sites (tertiary alicyclic amines) is 1. The molecule has 1 aromatic rings. The first-order valence-corrected chi connectivity index (χ1v) is 10.3. The van der Waals surface area contributed by atoms with Gasteiger partial charge in [-0.2, -0.15) is 4.31 Å². The highest BCUT2D eigenvalue weighted by Crippen LogP contribution is 2.41. The lowest BCUT2D eigenvalue weighted by Crippen LogP contribution is -2.36. The molecule has 1 amide bonds. The van der Waals surface area contributed by atoms with E-state index in [1.165, 1.54) is 16.4 Å². The van der Waals surface area contributed by atoms with Crippen molar-refractivity contribution in [2.24, 2.45) is 5.41 Å². The topological polar surface area (TPSA) is 57.7 Å². The van der Waals surface area contributed by atoms with Crippen LogP contribution in [-0.2, 0) is 14.8 Å². The van der Waals surface area contributed by atoms with Crippen molar-refractivity contribution in [1.29, 1.82) is 0 Å². The minimum Gasteiger partial charge on any atom is -0.341 e. The zero-order valence-electron chi connectivity index (χ0n) is 12.8. The molecular formula is C15H17BrClFN2O3S. The van der Waals surface area contributed by atoms with Crippen molar-refractivity contribution in [1.82, 2.24) is 9.21 Å². The minimum absolute atomic E-state index is 0.0491. The van der Waals surface area contributed by atoms with Gasteiger partial charge in [-0.3, -0.25) is 4.79 Å². The summed E-state index contributed by atoms with van der Waals surface area (Å²) < 4.78 is 40.8. The van der Waals surface area contributed by atoms with Crippen LogP contribution in [-0.4, -0.2) is 55.6 Å². The predicted molar refractivity (Wildman–Crippen MR) is 91.8 cm³/mol. The largest absolute Gasteiger partial charge is 0.341 e. The van der Waals surface area contributed by atoms with Gasteiger partial charge in [0.1, 0.15) is 11.7 Å². The van der Waals surface area contributed by atoms with Crippen LogP contribution in [0.1, 0.15) is 12.8 Å². The highest BCUT2D eigenvalue weighted by Gasteiger charge is 2.47. The van der Waals surface area contributed by atoms with Gasteiger partial charge in [-0.25, -0.2) is 12.8 Å². The van der Waals surface area contributed by atoms with E-state index in [4.69, 9.17) is 11.6 Å². The van der Waals surface area contributed by atoms with Crippen molar-refractivity contribution in [3.8, 4) is 0 Å². The number of hydrogen-bond donors (Lipinski definition) is 0. The monoisotopic (exact) mass is 438 g/mol. The number of sulfonamides is 1. The SMILES string of the molecule is O=C(CCl)N1CC[C@@]2(CCN(S(=O)(=O)c3ccc(Br)c(F)c3)C2)C1. The summed E-state index contributed by atoms with van der Waals surface area (Å²) in [6.07, 6.45) is 1.45. The Morgan fingerprint density at radius 1 is 1.29 bits per heavy atom. The molecule has 132 valence electrons. The molecule has 9 heteroatoms. The molecule has 0 aliphatic carbocycles. The van der Waals surface area contributed by atoms with Gasteiger partial charge in [0, 0.05) is 31.6 Å². The first-order valence-electron chi connectivity index (χ1n) is 7.56. The van der Waals surface area contributed by atoms with Gasteiger partial charge >= 0.3 is 0 Å². The van der Waals surface area contributed by atoms with Crippen LogP contribution < -0.4 is 0 Å². The lowest BCUT2D eigenvalue weighted by atomic mass is 9.87. The fourth-order valence-corrected chi connectivity index (χ4v) is 5.43. The number of nitrogens with zero attached hydrogens (tertiary/aromatic N) is 2.